The topological polar surface area (TPSA) is 47.9 Å². The minimum atomic E-state index is -1.79. The highest BCUT2D eigenvalue weighted by Gasteiger charge is 2.43. The Morgan fingerprint density at radius 2 is 1.40 bits per heavy atom. The first-order valence-corrected chi connectivity index (χ1v) is 13.1. The van der Waals surface area contributed by atoms with Crippen molar-refractivity contribution in [2.45, 2.75) is 46.1 Å². The van der Waals surface area contributed by atoms with Crippen LogP contribution < -0.4 is 0 Å². The summed E-state index contributed by atoms with van der Waals surface area (Å²) in [5.74, 6) is 0. The second kappa shape index (κ2) is 6.28. The maximum absolute atomic E-state index is 7.88. The molecule has 0 saturated carbocycles. The van der Waals surface area contributed by atoms with Crippen molar-refractivity contribution in [3.63, 3.8) is 0 Å². The van der Waals surface area contributed by atoms with E-state index in [2.05, 4.69) is 32.7 Å². The van der Waals surface area contributed by atoms with Gasteiger partial charge in [0.2, 0.25) is 0 Å². The van der Waals surface area contributed by atoms with Crippen molar-refractivity contribution >= 4 is 26.4 Å². The van der Waals surface area contributed by atoms with Crippen LogP contribution in [0.2, 0.25) is 32.7 Å². The van der Waals surface area contributed by atoms with Crippen LogP contribution in [-0.4, -0.2) is 38.1 Å². The highest BCUT2D eigenvalue weighted by Crippen LogP contribution is 2.23. The van der Waals surface area contributed by atoms with E-state index in [0.717, 1.165) is 6.42 Å². The van der Waals surface area contributed by atoms with Gasteiger partial charge in [0.15, 0.2) is 0 Å². The zero-order valence-corrected chi connectivity index (χ0v) is 13.8. The maximum atomic E-state index is 7.88. The van der Waals surface area contributed by atoms with Crippen LogP contribution in [0.4, 0.5) is 0 Å². The Hall–Kier alpha value is 0.491. The molecule has 0 radical (unpaired) electrons. The van der Waals surface area contributed by atoms with Crippen molar-refractivity contribution in [2.75, 3.05) is 6.61 Å². The lowest BCUT2D eigenvalue weighted by Crippen LogP contribution is -2.58. The van der Waals surface area contributed by atoms with Crippen molar-refractivity contribution in [3.05, 3.63) is 0 Å². The lowest BCUT2D eigenvalue weighted by Gasteiger charge is -2.41. The third kappa shape index (κ3) is 7.39. The Kier molecular flexibility index (Phi) is 6.49. The van der Waals surface area contributed by atoms with Crippen molar-refractivity contribution in [3.8, 4) is 0 Å². The Morgan fingerprint density at radius 3 is 1.60 bits per heavy atom. The molecule has 0 spiro atoms. The lowest BCUT2D eigenvalue weighted by molar-refractivity contribution is 0.255. The van der Waals surface area contributed by atoms with Crippen LogP contribution in [0.25, 0.3) is 0 Å². The first kappa shape index (κ1) is 15.5. The molecule has 1 aliphatic heterocycles. The summed E-state index contributed by atoms with van der Waals surface area (Å²) in [6.45, 7) is 12.7. The minimum absolute atomic E-state index is 0.319. The molecule has 1 fully saturated rings. The van der Waals surface area contributed by atoms with Crippen LogP contribution >= 0.6 is 0 Å². The third-order valence-electron chi connectivity index (χ3n) is 1.61. The summed E-state index contributed by atoms with van der Waals surface area (Å²) in [7, 11) is -4.93. The largest absolute Gasteiger partial charge is 0.418 e. The Morgan fingerprint density at radius 1 is 1.07 bits per heavy atom. The van der Waals surface area contributed by atoms with E-state index >= 15 is 0 Å². The molecule has 0 aromatic rings. The standard InChI is InChI=1S/C5H16O3Si3.C3H8O/c1-9-6-10(2,3)8-11(4,5)7-9;1-2-3-4/h9H,1-5H3;4H,2-3H2,1H3. The smallest absolute Gasteiger partial charge is 0.313 e. The third-order valence-corrected chi connectivity index (χ3v) is 12.7. The molecule has 0 atom stereocenters. The first-order chi connectivity index (χ1) is 6.72. The Labute approximate surface area is 96.9 Å². The van der Waals surface area contributed by atoms with Gasteiger partial charge < -0.3 is 17.5 Å². The number of hydrogen-bond donors (Lipinski definition) is 1. The fourth-order valence-corrected chi connectivity index (χ4v) is 14.5. The summed E-state index contributed by atoms with van der Waals surface area (Å²) in [5, 5.41) is 7.88. The predicted octanol–water partition coefficient (Wildman–Crippen LogP) is 1.69. The number of rotatable bonds is 1. The van der Waals surface area contributed by atoms with Gasteiger partial charge >= 0.3 is 26.4 Å². The molecule has 0 aromatic carbocycles. The van der Waals surface area contributed by atoms with Crippen molar-refractivity contribution in [2.24, 2.45) is 0 Å². The average Bonchev–Trinajstić information content (AvgIpc) is 1.97. The molecular weight excluding hydrogens is 244 g/mol. The van der Waals surface area contributed by atoms with Gasteiger partial charge in [0, 0.05) is 6.61 Å². The monoisotopic (exact) mass is 268 g/mol. The number of aliphatic hydroxyl groups is 1. The zero-order chi connectivity index (χ0) is 12.1. The Bertz CT molecular complexity index is 169. The van der Waals surface area contributed by atoms with Gasteiger partial charge in [-0.15, -0.1) is 0 Å². The second-order valence-electron chi connectivity index (χ2n) is 4.43. The van der Waals surface area contributed by atoms with Gasteiger partial charge in [-0.2, -0.15) is 0 Å². The van der Waals surface area contributed by atoms with E-state index in [-0.39, 0.29) is 0 Å². The van der Waals surface area contributed by atoms with Gasteiger partial charge in [0.05, 0.1) is 0 Å². The van der Waals surface area contributed by atoms with Gasteiger partial charge in [-0.25, -0.2) is 0 Å². The van der Waals surface area contributed by atoms with E-state index in [1.165, 1.54) is 0 Å². The van der Waals surface area contributed by atoms with E-state index in [1.807, 2.05) is 6.92 Å². The van der Waals surface area contributed by atoms with Crippen molar-refractivity contribution < 1.29 is 17.5 Å². The van der Waals surface area contributed by atoms with Crippen LogP contribution in [0.3, 0.4) is 0 Å². The molecule has 1 N–H and O–H groups in total. The van der Waals surface area contributed by atoms with E-state index < -0.39 is 26.4 Å². The number of aliphatic hydroxyl groups excluding tert-OH is 1. The van der Waals surface area contributed by atoms with Gasteiger partial charge in [-0.1, -0.05) is 6.92 Å². The molecule has 0 aromatic heterocycles. The molecule has 0 bridgehead atoms. The molecular formula is C8H24O4Si3. The van der Waals surface area contributed by atoms with Crippen LogP contribution in [0.5, 0.6) is 0 Å². The van der Waals surface area contributed by atoms with E-state index in [0.29, 0.717) is 6.61 Å². The predicted molar refractivity (Wildman–Crippen MR) is 68.6 cm³/mol. The molecule has 7 heteroatoms. The SMILES string of the molecule is CCCO.C[SiH]1O[Si](C)(C)O[Si](C)(C)O1. The van der Waals surface area contributed by atoms with E-state index in [1.54, 1.807) is 0 Å². The van der Waals surface area contributed by atoms with Crippen LogP contribution in [0, 0.1) is 0 Å². The lowest BCUT2D eigenvalue weighted by atomic mass is 10.5. The summed E-state index contributed by atoms with van der Waals surface area (Å²) >= 11 is 0. The van der Waals surface area contributed by atoms with E-state index in [4.69, 9.17) is 17.5 Å². The van der Waals surface area contributed by atoms with Crippen molar-refractivity contribution in [1.29, 1.82) is 0 Å². The van der Waals surface area contributed by atoms with Gasteiger partial charge in [-0.3, -0.25) is 0 Å². The molecule has 4 nitrogen and oxygen atoms in total. The zero-order valence-electron chi connectivity index (χ0n) is 10.7. The normalized spacial score (nSPS) is 24.2. The summed E-state index contributed by atoms with van der Waals surface area (Å²) in [6.07, 6.45) is 0.875. The molecule has 0 aliphatic carbocycles. The summed E-state index contributed by atoms with van der Waals surface area (Å²) in [5.41, 5.74) is 0. The fourth-order valence-electron chi connectivity index (χ4n) is 1.46. The maximum Gasteiger partial charge on any atom is 0.313 e. The molecule has 15 heavy (non-hydrogen) atoms. The first-order valence-electron chi connectivity index (χ1n) is 5.39. The average molecular weight is 269 g/mol. The van der Waals surface area contributed by atoms with Crippen LogP contribution in [0.15, 0.2) is 0 Å². The van der Waals surface area contributed by atoms with Gasteiger partial charge in [0.1, 0.15) is 0 Å². The highest BCUT2D eigenvalue weighted by molar-refractivity contribution is 6.87. The highest BCUT2D eigenvalue weighted by atomic mass is 28.5. The number of hydrogen-bond acceptors (Lipinski definition) is 4. The molecule has 0 amide bonds. The molecule has 1 heterocycles. The molecule has 1 rings (SSSR count). The summed E-state index contributed by atoms with van der Waals surface area (Å²) in [4.78, 5) is 0. The molecule has 1 saturated heterocycles. The molecule has 0 unspecified atom stereocenters. The van der Waals surface area contributed by atoms with E-state index in [9.17, 15) is 0 Å². The van der Waals surface area contributed by atoms with Crippen LogP contribution in [0.1, 0.15) is 13.3 Å². The van der Waals surface area contributed by atoms with Gasteiger partial charge in [0.25, 0.3) is 0 Å². The fraction of sp³-hybridized carbons (Fsp3) is 1.00. The van der Waals surface area contributed by atoms with Crippen LogP contribution in [-0.2, 0) is 12.3 Å². The quantitative estimate of drug-likeness (QED) is 0.735. The minimum Gasteiger partial charge on any atom is -0.418 e. The molecule has 92 valence electrons. The van der Waals surface area contributed by atoms with Gasteiger partial charge in [-0.05, 0) is 39.2 Å². The summed E-state index contributed by atoms with van der Waals surface area (Å²) in [6, 6.07) is 0. The second-order valence-corrected chi connectivity index (χ2v) is 13.9. The molecule has 1 aliphatic rings. The Balaban J connectivity index is 0.000000423. The summed E-state index contributed by atoms with van der Waals surface area (Å²) < 4.78 is 17.2. The van der Waals surface area contributed by atoms with Crippen molar-refractivity contribution in [1.82, 2.24) is 0 Å².